The zero-order valence-electron chi connectivity index (χ0n) is 9.75. The summed E-state index contributed by atoms with van der Waals surface area (Å²) < 4.78 is 45.6. The normalized spacial score (nSPS) is 22.2. The van der Waals surface area contributed by atoms with Gasteiger partial charge in [0.05, 0.1) is 11.8 Å². The maximum absolute atomic E-state index is 12.1. The lowest BCUT2D eigenvalue weighted by Gasteiger charge is -2.07. The standard InChI is InChI=1S/C11H13F3O4/c1-6(2)9(15)17-3-4-18-10(16)7-5-8(7)11(12,13)14/h7-8H,1,3-5H2,2H3. The number of esters is 2. The largest absolute Gasteiger partial charge is 0.462 e. The Labute approximate surface area is 102 Å². The lowest BCUT2D eigenvalue weighted by atomic mass is 10.3. The zero-order valence-corrected chi connectivity index (χ0v) is 9.75. The van der Waals surface area contributed by atoms with Crippen molar-refractivity contribution in [2.45, 2.75) is 19.5 Å². The number of halogens is 3. The number of alkyl halides is 3. The van der Waals surface area contributed by atoms with E-state index in [0.717, 1.165) is 0 Å². The second-order valence-electron chi connectivity index (χ2n) is 4.07. The monoisotopic (exact) mass is 266 g/mol. The fraction of sp³-hybridized carbons (Fsp3) is 0.636. The summed E-state index contributed by atoms with van der Waals surface area (Å²) in [5, 5.41) is 0. The predicted octanol–water partition coefficient (Wildman–Crippen LogP) is 1.85. The first kappa shape index (κ1) is 14.5. The molecule has 18 heavy (non-hydrogen) atoms. The van der Waals surface area contributed by atoms with Gasteiger partial charge in [-0.2, -0.15) is 13.2 Å². The van der Waals surface area contributed by atoms with Crippen molar-refractivity contribution >= 4 is 11.9 Å². The average Bonchev–Trinajstić information content (AvgIpc) is 3.02. The minimum atomic E-state index is -4.35. The van der Waals surface area contributed by atoms with E-state index >= 15 is 0 Å². The first-order valence-electron chi connectivity index (χ1n) is 5.29. The van der Waals surface area contributed by atoms with Gasteiger partial charge in [0.2, 0.25) is 0 Å². The summed E-state index contributed by atoms with van der Waals surface area (Å²) in [7, 11) is 0. The van der Waals surface area contributed by atoms with Crippen LogP contribution >= 0.6 is 0 Å². The summed E-state index contributed by atoms with van der Waals surface area (Å²) >= 11 is 0. The molecule has 2 atom stereocenters. The molecule has 0 aromatic carbocycles. The fourth-order valence-electron chi connectivity index (χ4n) is 1.32. The van der Waals surface area contributed by atoms with Crippen LogP contribution in [0.2, 0.25) is 0 Å². The molecule has 1 rings (SSSR count). The molecular formula is C11H13F3O4. The van der Waals surface area contributed by atoms with Gasteiger partial charge < -0.3 is 9.47 Å². The van der Waals surface area contributed by atoms with E-state index in [9.17, 15) is 22.8 Å². The van der Waals surface area contributed by atoms with Gasteiger partial charge in [0.1, 0.15) is 13.2 Å². The number of rotatable bonds is 5. The minimum absolute atomic E-state index is 0.194. The highest BCUT2D eigenvalue weighted by atomic mass is 19.4. The summed E-state index contributed by atoms with van der Waals surface area (Å²) in [6, 6.07) is 0. The van der Waals surface area contributed by atoms with Crippen LogP contribution in [0.5, 0.6) is 0 Å². The number of ether oxygens (including phenoxy) is 2. The molecular weight excluding hydrogens is 253 g/mol. The van der Waals surface area contributed by atoms with Crippen LogP contribution in [-0.2, 0) is 19.1 Å². The lowest BCUT2D eigenvalue weighted by Crippen LogP contribution is -2.19. The van der Waals surface area contributed by atoms with Crippen molar-refractivity contribution in [3.8, 4) is 0 Å². The summed E-state index contributed by atoms with van der Waals surface area (Å²) in [4.78, 5) is 22.1. The highest BCUT2D eigenvalue weighted by molar-refractivity contribution is 5.86. The minimum Gasteiger partial charge on any atom is -0.462 e. The maximum Gasteiger partial charge on any atom is 0.392 e. The van der Waals surface area contributed by atoms with Gasteiger partial charge in [-0.25, -0.2) is 4.79 Å². The Kier molecular flexibility index (Phi) is 4.37. The number of carbonyl (C=O) groups excluding carboxylic acids is 2. The van der Waals surface area contributed by atoms with Crippen LogP contribution in [0.15, 0.2) is 12.2 Å². The lowest BCUT2D eigenvalue weighted by molar-refractivity contribution is -0.164. The molecule has 0 aliphatic heterocycles. The smallest absolute Gasteiger partial charge is 0.392 e. The van der Waals surface area contributed by atoms with Crippen LogP contribution in [0.25, 0.3) is 0 Å². The van der Waals surface area contributed by atoms with Crippen molar-refractivity contribution < 1.29 is 32.2 Å². The van der Waals surface area contributed by atoms with E-state index in [2.05, 4.69) is 16.1 Å². The molecule has 0 aromatic rings. The molecule has 1 saturated carbocycles. The van der Waals surface area contributed by atoms with Crippen LogP contribution in [0.4, 0.5) is 13.2 Å². The summed E-state index contributed by atoms with van der Waals surface area (Å²) in [5.41, 5.74) is 0.195. The molecule has 0 N–H and O–H groups in total. The van der Waals surface area contributed by atoms with Crippen molar-refractivity contribution in [1.82, 2.24) is 0 Å². The molecule has 1 aliphatic carbocycles. The first-order valence-corrected chi connectivity index (χ1v) is 5.29. The van der Waals surface area contributed by atoms with Gasteiger partial charge >= 0.3 is 18.1 Å². The second kappa shape index (κ2) is 5.41. The van der Waals surface area contributed by atoms with Crippen molar-refractivity contribution in [2.24, 2.45) is 11.8 Å². The molecule has 1 aliphatic rings. The topological polar surface area (TPSA) is 52.6 Å². The fourth-order valence-corrected chi connectivity index (χ4v) is 1.32. The predicted molar refractivity (Wildman–Crippen MR) is 54.4 cm³/mol. The summed E-state index contributed by atoms with van der Waals surface area (Å²) in [5.74, 6) is -4.24. The molecule has 0 heterocycles. The van der Waals surface area contributed by atoms with Gasteiger partial charge in [0, 0.05) is 5.57 Å². The van der Waals surface area contributed by atoms with Crippen LogP contribution in [0, 0.1) is 11.8 Å². The SMILES string of the molecule is C=C(C)C(=O)OCCOC(=O)C1CC1C(F)(F)F. The Bertz CT molecular complexity index is 362. The Morgan fingerprint density at radius 3 is 2.28 bits per heavy atom. The summed E-state index contributed by atoms with van der Waals surface area (Å²) in [6.45, 7) is 4.34. The maximum atomic E-state index is 12.1. The van der Waals surface area contributed by atoms with Gasteiger partial charge in [0.15, 0.2) is 0 Å². The van der Waals surface area contributed by atoms with Crippen LogP contribution in [-0.4, -0.2) is 31.3 Å². The summed E-state index contributed by atoms with van der Waals surface area (Å²) in [6.07, 6.45) is -4.58. The number of hydrogen-bond donors (Lipinski definition) is 0. The third-order valence-corrected chi connectivity index (χ3v) is 2.42. The van der Waals surface area contributed by atoms with Crippen molar-refractivity contribution in [3.05, 3.63) is 12.2 Å². The van der Waals surface area contributed by atoms with E-state index in [4.69, 9.17) is 0 Å². The van der Waals surface area contributed by atoms with Crippen LogP contribution < -0.4 is 0 Å². The van der Waals surface area contributed by atoms with E-state index in [-0.39, 0.29) is 25.2 Å². The van der Waals surface area contributed by atoms with E-state index in [1.54, 1.807) is 0 Å². The van der Waals surface area contributed by atoms with Crippen molar-refractivity contribution in [3.63, 3.8) is 0 Å². The Balaban J connectivity index is 2.16. The van der Waals surface area contributed by atoms with Crippen molar-refractivity contribution in [1.29, 1.82) is 0 Å². The molecule has 1 fully saturated rings. The van der Waals surface area contributed by atoms with E-state index in [0.29, 0.717) is 0 Å². The molecule has 4 nitrogen and oxygen atoms in total. The third-order valence-electron chi connectivity index (χ3n) is 2.42. The zero-order chi connectivity index (χ0) is 13.9. The van der Waals surface area contributed by atoms with Gasteiger partial charge in [0.25, 0.3) is 0 Å². The van der Waals surface area contributed by atoms with E-state index in [1.165, 1.54) is 6.92 Å². The first-order chi connectivity index (χ1) is 8.23. The second-order valence-corrected chi connectivity index (χ2v) is 4.07. The van der Waals surface area contributed by atoms with E-state index < -0.39 is 30.0 Å². The molecule has 0 radical (unpaired) electrons. The number of hydrogen-bond acceptors (Lipinski definition) is 4. The van der Waals surface area contributed by atoms with Crippen molar-refractivity contribution in [2.75, 3.05) is 13.2 Å². The highest BCUT2D eigenvalue weighted by Crippen LogP contribution is 2.50. The Morgan fingerprint density at radius 2 is 1.83 bits per heavy atom. The Hall–Kier alpha value is -1.53. The molecule has 0 saturated heterocycles. The van der Waals surface area contributed by atoms with Gasteiger partial charge in [-0.05, 0) is 13.3 Å². The molecule has 7 heteroatoms. The molecule has 0 bridgehead atoms. The quantitative estimate of drug-likeness (QED) is 0.433. The van der Waals surface area contributed by atoms with E-state index in [1.807, 2.05) is 0 Å². The van der Waals surface area contributed by atoms with Crippen LogP contribution in [0.1, 0.15) is 13.3 Å². The highest BCUT2D eigenvalue weighted by Gasteiger charge is 2.59. The third kappa shape index (κ3) is 4.05. The van der Waals surface area contributed by atoms with Crippen LogP contribution in [0.3, 0.4) is 0 Å². The number of carbonyl (C=O) groups is 2. The van der Waals surface area contributed by atoms with Gasteiger partial charge in [-0.3, -0.25) is 4.79 Å². The van der Waals surface area contributed by atoms with Gasteiger partial charge in [-0.15, -0.1) is 0 Å². The Morgan fingerprint density at radius 1 is 1.28 bits per heavy atom. The molecule has 0 amide bonds. The van der Waals surface area contributed by atoms with Gasteiger partial charge in [-0.1, -0.05) is 6.58 Å². The molecule has 0 aromatic heterocycles. The molecule has 102 valence electrons. The average molecular weight is 266 g/mol. The molecule has 2 unspecified atom stereocenters. The molecule has 0 spiro atoms.